The van der Waals surface area contributed by atoms with Crippen molar-refractivity contribution in [1.29, 1.82) is 0 Å². The summed E-state index contributed by atoms with van der Waals surface area (Å²) >= 11 is 6.18. The molecule has 0 radical (unpaired) electrons. The van der Waals surface area contributed by atoms with E-state index in [9.17, 15) is 23.1 Å². The van der Waals surface area contributed by atoms with Crippen molar-refractivity contribution < 1.29 is 32.4 Å². The van der Waals surface area contributed by atoms with Crippen LogP contribution in [-0.2, 0) is 25.0 Å². The fourth-order valence-electron chi connectivity index (χ4n) is 4.57. The Labute approximate surface area is 240 Å². The molecule has 41 heavy (non-hydrogen) atoms. The van der Waals surface area contributed by atoms with E-state index in [4.69, 9.17) is 20.9 Å². The maximum atomic E-state index is 12.4. The first-order chi connectivity index (χ1) is 19.5. The number of fused-ring (bicyclic) bond motifs is 1. The topological polar surface area (TPSA) is 139 Å². The molecule has 0 spiro atoms. The molecule has 4 aromatic rings. The number of hydrogen-bond donors (Lipinski definition) is 2. The first-order valence-corrected chi connectivity index (χ1v) is 14.6. The Bertz CT molecular complexity index is 1840. The van der Waals surface area contributed by atoms with E-state index in [1.807, 2.05) is 6.07 Å². The van der Waals surface area contributed by atoms with Gasteiger partial charge in [-0.25, -0.2) is 13.2 Å². The van der Waals surface area contributed by atoms with Gasteiger partial charge in [-0.3, -0.25) is 10.1 Å². The van der Waals surface area contributed by atoms with Crippen molar-refractivity contribution in [2.75, 3.05) is 24.7 Å². The number of carbonyl (C=O) groups is 2. The molecule has 0 aliphatic carbocycles. The molecule has 1 amide bonds. The van der Waals surface area contributed by atoms with Crippen LogP contribution in [0.3, 0.4) is 0 Å². The van der Waals surface area contributed by atoms with Crippen molar-refractivity contribution >= 4 is 50.1 Å². The average Bonchev–Trinajstić information content (AvgIpc) is 3.32. The van der Waals surface area contributed by atoms with Crippen LogP contribution >= 0.6 is 11.6 Å². The van der Waals surface area contributed by atoms with E-state index < -0.39 is 33.6 Å². The molecule has 1 saturated heterocycles. The number of nitrogens with zero attached hydrogens (tertiary/aromatic N) is 2. The maximum absolute atomic E-state index is 12.4. The summed E-state index contributed by atoms with van der Waals surface area (Å²) in [6.07, 6.45) is 0.991. The van der Waals surface area contributed by atoms with Gasteiger partial charge in [0.2, 0.25) is 10.0 Å². The third kappa shape index (κ3) is 5.76. The smallest absolute Gasteiger partial charge is 0.412 e. The molecule has 2 heterocycles. The molecule has 1 aliphatic rings. The van der Waals surface area contributed by atoms with Gasteiger partial charge in [0.25, 0.3) is 0 Å². The van der Waals surface area contributed by atoms with Gasteiger partial charge in [-0.05, 0) is 53.4 Å². The van der Waals surface area contributed by atoms with E-state index in [-0.39, 0.29) is 24.5 Å². The number of carbonyl (C=O) groups excluding carboxylic acids is 1. The van der Waals surface area contributed by atoms with Crippen molar-refractivity contribution in [2.45, 2.75) is 18.4 Å². The van der Waals surface area contributed by atoms with E-state index in [0.29, 0.717) is 21.7 Å². The lowest BCUT2D eigenvalue weighted by Crippen LogP contribution is -2.64. The highest BCUT2D eigenvalue weighted by Crippen LogP contribution is 2.38. The SMILES string of the molecule is CC(OC(=O)Nc1conc1C#Cc1ccc2cc(C3(C(=O)O)CN(S(C)(=O)=O)C3)ccc2c1)c1ccccc1Cl. The minimum Gasteiger partial charge on any atom is -0.481 e. The number of ether oxygens (including phenoxy) is 1. The lowest BCUT2D eigenvalue weighted by Gasteiger charge is -2.45. The Morgan fingerprint density at radius 1 is 1.12 bits per heavy atom. The summed E-state index contributed by atoms with van der Waals surface area (Å²) in [5, 5.41) is 18.4. The summed E-state index contributed by atoms with van der Waals surface area (Å²) in [4.78, 5) is 24.5. The van der Waals surface area contributed by atoms with Gasteiger partial charge >= 0.3 is 12.1 Å². The lowest BCUT2D eigenvalue weighted by molar-refractivity contribution is -0.148. The molecule has 0 bridgehead atoms. The molecular weight excluding hydrogens is 570 g/mol. The number of carboxylic acids is 1. The fraction of sp³-hybridized carbons (Fsp3) is 0.207. The number of hydrogen-bond acceptors (Lipinski definition) is 7. The van der Waals surface area contributed by atoms with E-state index >= 15 is 0 Å². The van der Waals surface area contributed by atoms with E-state index in [0.717, 1.165) is 21.3 Å². The summed E-state index contributed by atoms with van der Waals surface area (Å²) in [6, 6.07) is 17.7. The van der Waals surface area contributed by atoms with Gasteiger partial charge in [-0.1, -0.05) is 59.1 Å². The summed E-state index contributed by atoms with van der Waals surface area (Å²) < 4.78 is 35.2. The Kier molecular flexibility index (Phi) is 7.48. The second-order valence-corrected chi connectivity index (χ2v) is 12.1. The number of nitrogens with one attached hydrogen (secondary N) is 1. The molecule has 3 aromatic carbocycles. The van der Waals surface area contributed by atoms with Gasteiger partial charge in [0.05, 0.1) is 6.26 Å². The van der Waals surface area contributed by atoms with Crippen molar-refractivity contribution in [2.24, 2.45) is 0 Å². The van der Waals surface area contributed by atoms with Crippen LogP contribution in [0, 0.1) is 11.8 Å². The second-order valence-electron chi connectivity index (χ2n) is 9.72. The summed E-state index contributed by atoms with van der Waals surface area (Å²) in [6.45, 7) is 1.48. The van der Waals surface area contributed by atoms with Crippen LogP contribution in [0.25, 0.3) is 10.8 Å². The Morgan fingerprint density at radius 3 is 2.54 bits per heavy atom. The molecule has 0 saturated carbocycles. The Hall–Kier alpha value is -4.37. The van der Waals surface area contributed by atoms with Crippen LogP contribution < -0.4 is 5.32 Å². The van der Waals surface area contributed by atoms with Crippen molar-refractivity contribution in [3.63, 3.8) is 0 Å². The minimum atomic E-state index is -3.47. The first-order valence-electron chi connectivity index (χ1n) is 12.4. The van der Waals surface area contributed by atoms with E-state index in [2.05, 4.69) is 22.3 Å². The zero-order chi connectivity index (χ0) is 29.4. The van der Waals surface area contributed by atoms with Gasteiger partial charge in [0.1, 0.15) is 23.5 Å². The minimum absolute atomic E-state index is 0.114. The quantitative estimate of drug-likeness (QED) is 0.304. The van der Waals surface area contributed by atoms with E-state index in [1.165, 1.54) is 6.26 Å². The number of rotatable bonds is 6. The van der Waals surface area contributed by atoms with Crippen molar-refractivity contribution in [3.8, 4) is 11.8 Å². The molecule has 1 aromatic heterocycles. The Morgan fingerprint density at radius 2 is 1.83 bits per heavy atom. The highest BCUT2D eigenvalue weighted by molar-refractivity contribution is 7.88. The number of aromatic nitrogens is 1. The molecule has 1 atom stereocenters. The van der Waals surface area contributed by atoms with Crippen LogP contribution in [0.1, 0.15) is 35.4 Å². The number of anilines is 1. The molecule has 5 rings (SSSR count). The predicted octanol–water partition coefficient (Wildman–Crippen LogP) is 4.79. The van der Waals surface area contributed by atoms with Crippen molar-refractivity contribution in [3.05, 3.63) is 94.3 Å². The molecule has 10 nitrogen and oxygen atoms in total. The molecule has 210 valence electrons. The molecule has 1 aliphatic heterocycles. The number of benzene rings is 3. The van der Waals surface area contributed by atoms with Gasteiger partial charge in [-0.2, -0.15) is 4.31 Å². The number of carboxylic acid groups (broad SMARTS) is 1. The van der Waals surface area contributed by atoms with Gasteiger partial charge in [-0.15, -0.1) is 0 Å². The molecular formula is C29H24ClN3O7S. The largest absolute Gasteiger partial charge is 0.481 e. The van der Waals surface area contributed by atoms with Gasteiger partial charge < -0.3 is 14.4 Å². The summed E-state index contributed by atoms with van der Waals surface area (Å²) in [7, 11) is -3.47. The van der Waals surface area contributed by atoms with E-state index in [1.54, 1.807) is 61.5 Å². The average molecular weight is 594 g/mol. The normalized spacial score (nSPS) is 15.3. The van der Waals surface area contributed by atoms with Gasteiger partial charge in [0, 0.05) is 29.2 Å². The molecule has 2 N–H and O–H groups in total. The second kappa shape index (κ2) is 10.9. The van der Waals surface area contributed by atoms with Crippen LogP contribution in [-0.4, -0.2) is 54.4 Å². The van der Waals surface area contributed by atoms with Crippen LogP contribution in [0.15, 0.2) is 71.4 Å². The Balaban J connectivity index is 1.30. The number of sulfonamides is 1. The molecule has 1 unspecified atom stereocenters. The highest BCUT2D eigenvalue weighted by Gasteiger charge is 2.54. The fourth-order valence-corrected chi connectivity index (χ4v) is 5.77. The summed E-state index contributed by atoms with van der Waals surface area (Å²) in [5.74, 6) is 4.79. The number of amides is 1. The summed E-state index contributed by atoms with van der Waals surface area (Å²) in [5.41, 5.74) is 0.991. The molecule has 1 fully saturated rings. The first kappa shape index (κ1) is 28.2. The lowest BCUT2D eigenvalue weighted by atomic mass is 9.74. The van der Waals surface area contributed by atoms with Gasteiger partial charge in [0.15, 0.2) is 5.69 Å². The van der Waals surface area contributed by atoms with Crippen LogP contribution in [0.2, 0.25) is 5.02 Å². The highest BCUT2D eigenvalue weighted by atomic mass is 35.5. The standard InChI is InChI=1S/C29H24ClN3O7S/c1-18(23-5-3-4-6-24(23)30)40-28(36)31-26-15-39-32-25(26)12-8-19-7-9-21-14-22(11-10-20(21)13-19)29(27(34)35)16-33(17-29)41(2,37)38/h3-7,9-11,13-15,18H,16-17H2,1-2H3,(H,31,36)(H,34,35). The number of halogens is 1. The third-order valence-electron chi connectivity index (χ3n) is 6.92. The van der Waals surface area contributed by atoms with Crippen LogP contribution in [0.4, 0.5) is 10.5 Å². The molecule has 12 heteroatoms. The third-order valence-corrected chi connectivity index (χ3v) is 8.46. The number of aliphatic carboxylic acids is 1. The predicted molar refractivity (Wildman–Crippen MR) is 152 cm³/mol. The van der Waals surface area contributed by atoms with Crippen LogP contribution in [0.5, 0.6) is 0 Å². The zero-order valence-electron chi connectivity index (χ0n) is 21.9. The zero-order valence-corrected chi connectivity index (χ0v) is 23.5. The monoisotopic (exact) mass is 593 g/mol. The maximum Gasteiger partial charge on any atom is 0.412 e. The van der Waals surface area contributed by atoms with Crippen molar-refractivity contribution in [1.82, 2.24) is 9.46 Å².